The summed E-state index contributed by atoms with van der Waals surface area (Å²) in [5.74, 6) is -0.237. The summed E-state index contributed by atoms with van der Waals surface area (Å²) in [5.41, 5.74) is 2.03. The predicted octanol–water partition coefficient (Wildman–Crippen LogP) is 2.33. The number of ether oxygens (including phenoxy) is 1. The van der Waals surface area contributed by atoms with E-state index in [4.69, 9.17) is 4.74 Å². The summed E-state index contributed by atoms with van der Waals surface area (Å²) >= 11 is 0. The molecular weight excluding hydrogens is 508 g/mol. The Morgan fingerprint density at radius 1 is 0.921 bits per heavy atom. The molecule has 5 rings (SSSR count). The number of nitrogens with one attached hydrogen (secondary N) is 1. The van der Waals surface area contributed by atoms with Crippen LogP contribution >= 0.6 is 0 Å². The summed E-state index contributed by atoms with van der Waals surface area (Å²) in [6.45, 7) is -0.395. The summed E-state index contributed by atoms with van der Waals surface area (Å²) in [6, 6.07) is 25.0. The molecule has 38 heavy (non-hydrogen) atoms. The molecule has 3 aromatic carbocycles. The SMILES string of the molecule is O=C1[C@@H](OCc2ccccc2)[C@@H]([C@H](O)CO)N1c1ccc(S(=O)(=O)Nc2ccn(-c3ccccc3)n2)cc1. The second kappa shape index (κ2) is 10.8. The Morgan fingerprint density at radius 3 is 2.24 bits per heavy atom. The topological polar surface area (TPSA) is 134 Å². The van der Waals surface area contributed by atoms with Gasteiger partial charge in [0.2, 0.25) is 0 Å². The number of hydrogen-bond donors (Lipinski definition) is 3. The highest BCUT2D eigenvalue weighted by molar-refractivity contribution is 7.92. The van der Waals surface area contributed by atoms with Gasteiger partial charge in [-0.2, -0.15) is 0 Å². The van der Waals surface area contributed by atoms with Crippen molar-refractivity contribution in [2.45, 2.75) is 29.8 Å². The van der Waals surface area contributed by atoms with E-state index in [2.05, 4.69) is 9.82 Å². The second-order valence-corrected chi connectivity index (χ2v) is 10.4. The van der Waals surface area contributed by atoms with Crippen LogP contribution in [0, 0.1) is 0 Å². The molecule has 0 unspecified atom stereocenters. The van der Waals surface area contributed by atoms with E-state index < -0.39 is 40.8 Å². The summed E-state index contributed by atoms with van der Waals surface area (Å²) < 4.78 is 35.6. The Kier molecular flexibility index (Phi) is 7.25. The normalized spacial score (nSPS) is 18.2. The Labute approximate surface area is 219 Å². The van der Waals surface area contributed by atoms with Gasteiger partial charge in [0.15, 0.2) is 11.9 Å². The lowest BCUT2D eigenvalue weighted by molar-refractivity contribution is -0.149. The first-order chi connectivity index (χ1) is 18.4. The number of rotatable bonds is 10. The molecule has 1 amide bonds. The van der Waals surface area contributed by atoms with Crippen LogP contribution in [0.4, 0.5) is 11.5 Å². The highest BCUT2D eigenvalue weighted by Crippen LogP contribution is 2.33. The van der Waals surface area contributed by atoms with Gasteiger partial charge in [-0.05, 0) is 42.0 Å². The van der Waals surface area contributed by atoms with E-state index in [0.29, 0.717) is 5.69 Å². The fraction of sp³-hybridized carbons (Fsp3) is 0.185. The van der Waals surface area contributed by atoms with Crippen molar-refractivity contribution in [3.05, 3.63) is 103 Å². The molecular formula is C27H26N4O6S. The Hall–Kier alpha value is -4.03. The van der Waals surface area contributed by atoms with E-state index in [1.807, 2.05) is 60.7 Å². The first kappa shape index (κ1) is 25.6. The van der Waals surface area contributed by atoms with Crippen molar-refractivity contribution in [2.24, 2.45) is 0 Å². The van der Waals surface area contributed by atoms with Gasteiger partial charge in [0, 0.05) is 18.0 Å². The van der Waals surface area contributed by atoms with Crippen molar-refractivity contribution < 1.29 is 28.2 Å². The Morgan fingerprint density at radius 2 is 1.58 bits per heavy atom. The number of aliphatic hydroxyl groups is 2. The minimum atomic E-state index is -3.95. The molecule has 0 aliphatic carbocycles. The summed E-state index contributed by atoms with van der Waals surface area (Å²) in [6.07, 6.45) is -0.533. The maximum atomic E-state index is 12.9. The number of para-hydroxylation sites is 1. The third-order valence-electron chi connectivity index (χ3n) is 6.22. The second-order valence-electron chi connectivity index (χ2n) is 8.75. The molecule has 196 valence electrons. The van der Waals surface area contributed by atoms with Crippen LogP contribution in [-0.4, -0.2) is 59.2 Å². The zero-order valence-corrected chi connectivity index (χ0v) is 21.0. The van der Waals surface area contributed by atoms with Crippen molar-refractivity contribution in [1.29, 1.82) is 0 Å². The molecule has 1 aliphatic rings. The van der Waals surface area contributed by atoms with Crippen molar-refractivity contribution in [3.63, 3.8) is 0 Å². The molecule has 1 fully saturated rings. The summed E-state index contributed by atoms with van der Waals surface area (Å²) in [7, 11) is -3.95. The molecule has 1 aromatic heterocycles. The summed E-state index contributed by atoms with van der Waals surface area (Å²) in [4.78, 5) is 14.2. The Bertz CT molecular complexity index is 1490. The van der Waals surface area contributed by atoms with Gasteiger partial charge in [0.25, 0.3) is 15.9 Å². The molecule has 11 heteroatoms. The monoisotopic (exact) mass is 534 g/mol. The number of aliphatic hydroxyl groups excluding tert-OH is 2. The molecule has 0 radical (unpaired) electrons. The third kappa shape index (κ3) is 5.18. The molecule has 1 aliphatic heterocycles. The summed E-state index contributed by atoms with van der Waals surface area (Å²) in [5, 5.41) is 24.2. The molecule has 0 saturated carbocycles. The first-order valence-electron chi connectivity index (χ1n) is 11.9. The molecule has 0 bridgehead atoms. The maximum Gasteiger partial charge on any atom is 0.263 e. The van der Waals surface area contributed by atoms with Crippen LogP contribution < -0.4 is 9.62 Å². The van der Waals surface area contributed by atoms with Crippen LogP contribution in [0.25, 0.3) is 5.69 Å². The van der Waals surface area contributed by atoms with E-state index >= 15 is 0 Å². The largest absolute Gasteiger partial charge is 0.394 e. The average molecular weight is 535 g/mol. The lowest BCUT2D eigenvalue weighted by Crippen LogP contribution is -2.70. The van der Waals surface area contributed by atoms with E-state index in [1.54, 1.807) is 16.9 Å². The fourth-order valence-electron chi connectivity index (χ4n) is 4.28. The lowest BCUT2D eigenvalue weighted by atomic mass is 9.91. The number of amides is 1. The number of sulfonamides is 1. The number of carbonyl (C=O) groups is 1. The Balaban J connectivity index is 1.29. The van der Waals surface area contributed by atoms with Crippen LogP contribution in [0.15, 0.2) is 102 Å². The van der Waals surface area contributed by atoms with Crippen LogP contribution in [0.5, 0.6) is 0 Å². The highest BCUT2D eigenvalue weighted by atomic mass is 32.2. The van der Waals surface area contributed by atoms with Gasteiger partial charge >= 0.3 is 0 Å². The standard InChI is InChI=1S/C27H26N4O6S/c32-17-23(33)25-26(37-18-19-7-3-1-4-8-19)27(34)31(25)21-11-13-22(14-12-21)38(35,36)29-24-15-16-30(28-24)20-9-5-2-6-10-20/h1-16,23,25-26,32-33H,17-18H2,(H,28,29)/t23-,25-,26+/m1/s1. The van der Waals surface area contributed by atoms with Crippen LogP contribution in [0.2, 0.25) is 0 Å². The van der Waals surface area contributed by atoms with Gasteiger partial charge in [0.1, 0.15) is 12.1 Å². The molecule has 3 N–H and O–H groups in total. The minimum Gasteiger partial charge on any atom is -0.394 e. The van der Waals surface area contributed by atoms with Gasteiger partial charge in [-0.1, -0.05) is 48.5 Å². The van der Waals surface area contributed by atoms with Gasteiger partial charge in [-0.25, -0.2) is 13.1 Å². The molecule has 0 spiro atoms. The van der Waals surface area contributed by atoms with E-state index in [0.717, 1.165) is 11.3 Å². The third-order valence-corrected chi connectivity index (χ3v) is 7.59. The number of anilines is 2. The number of aromatic nitrogens is 2. The fourth-order valence-corrected chi connectivity index (χ4v) is 5.28. The minimum absolute atomic E-state index is 0.0281. The van der Waals surface area contributed by atoms with Gasteiger partial charge in [-0.3, -0.25) is 9.52 Å². The molecule has 4 aromatic rings. The maximum absolute atomic E-state index is 12.9. The van der Waals surface area contributed by atoms with Crippen molar-refractivity contribution >= 4 is 27.4 Å². The van der Waals surface area contributed by atoms with Gasteiger partial charge in [0.05, 0.1) is 23.8 Å². The predicted molar refractivity (Wildman–Crippen MR) is 140 cm³/mol. The van der Waals surface area contributed by atoms with E-state index in [9.17, 15) is 23.4 Å². The van der Waals surface area contributed by atoms with Crippen LogP contribution in [-0.2, 0) is 26.2 Å². The van der Waals surface area contributed by atoms with Gasteiger partial charge < -0.3 is 19.8 Å². The smallest absolute Gasteiger partial charge is 0.263 e. The van der Waals surface area contributed by atoms with Crippen molar-refractivity contribution in [2.75, 3.05) is 16.2 Å². The molecule has 10 nitrogen and oxygen atoms in total. The van der Waals surface area contributed by atoms with Crippen molar-refractivity contribution in [1.82, 2.24) is 9.78 Å². The number of nitrogens with zero attached hydrogens (tertiary/aromatic N) is 3. The number of hydrogen-bond acceptors (Lipinski definition) is 7. The number of β-lactam (4-membered cyclic amide) rings is 1. The quantitative estimate of drug-likeness (QED) is 0.266. The highest BCUT2D eigenvalue weighted by Gasteiger charge is 2.52. The average Bonchev–Trinajstić information content (AvgIpc) is 3.40. The van der Waals surface area contributed by atoms with Crippen LogP contribution in [0.1, 0.15) is 5.56 Å². The number of carbonyl (C=O) groups excluding carboxylic acids is 1. The molecule has 1 saturated heterocycles. The first-order valence-corrected chi connectivity index (χ1v) is 13.4. The lowest BCUT2D eigenvalue weighted by Gasteiger charge is -2.48. The van der Waals surface area contributed by atoms with Gasteiger partial charge in [-0.15, -0.1) is 5.10 Å². The van der Waals surface area contributed by atoms with E-state index in [-0.39, 0.29) is 17.3 Å². The molecule has 2 heterocycles. The number of benzene rings is 3. The molecule has 3 atom stereocenters. The van der Waals surface area contributed by atoms with E-state index in [1.165, 1.54) is 29.2 Å². The van der Waals surface area contributed by atoms with Crippen LogP contribution in [0.3, 0.4) is 0 Å². The van der Waals surface area contributed by atoms with Crippen molar-refractivity contribution in [3.8, 4) is 5.69 Å². The zero-order valence-electron chi connectivity index (χ0n) is 20.2. The zero-order chi connectivity index (χ0) is 26.7.